The lowest BCUT2D eigenvalue weighted by Gasteiger charge is -2.33. The van der Waals surface area contributed by atoms with Crippen molar-refractivity contribution in [2.24, 2.45) is 0 Å². The lowest BCUT2D eigenvalue weighted by atomic mass is 10.1. The van der Waals surface area contributed by atoms with Gasteiger partial charge in [0, 0.05) is 32.2 Å². The van der Waals surface area contributed by atoms with E-state index in [0.29, 0.717) is 6.04 Å². The summed E-state index contributed by atoms with van der Waals surface area (Å²) in [7, 11) is 0. The van der Waals surface area contributed by atoms with Crippen LogP contribution in [0.15, 0.2) is 18.2 Å². The minimum atomic E-state index is -0.440. The van der Waals surface area contributed by atoms with Gasteiger partial charge in [0.1, 0.15) is 11.9 Å². The van der Waals surface area contributed by atoms with Gasteiger partial charge in [-0.2, -0.15) is 5.26 Å². The molecule has 0 saturated carbocycles. The number of nitriles is 1. The molecule has 0 unspecified atom stereocenters. The zero-order valence-electron chi connectivity index (χ0n) is 9.91. The monoisotopic (exact) mass is 233 g/mol. The van der Waals surface area contributed by atoms with E-state index in [0.717, 1.165) is 31.7 Å². The second-order valence-corrected chi connectivity index (χ2v) is 4.45. The maximum Gasteiger partial charge on any atom is 0.140 e. The van der Waals surface area contributed by atoms with Crippen molar-refractivity contribution >= 4 is 0 Å². The van der Waals surface area contributed by atoms with Crippen LogP contribution in [0.2, 0.25) is 0 Å². The Morgan fingerprint density at radius 2 is 2.41 bits per heavy atom. The van der Waals surface area contributed by atoms with Crippen LogP contribution < -0.4 is 5.32 Å². The molecule has 90 valence electrons. The first-order valence-electron chi connectivity index (χ1n) is 5.84. The Morgan fingerprint density at radius 3 is 3.12 bits per heavy atom. The van der Waals surface area contributed by atoms with E-state index in [1.807, 2.05) is 6.07 Å². The Labute approximate surface area is 101 Å². The minimum absolute atomic E-state index is 0.130. The molecular weight excluding hydrogens is 217 g/mol. The van der Waals surface area contributed by atoms with Gasteiger partial charge in [-0.15, -0.1) is 0 Å². The predicted octanol–water partition coefficient (Wildman–Crippen LogP) is 1.49. The molecule has 1 aromatic rings. The summed E-state index contributed by atoms with van der Waals surface area (Å²) in [6, 6.07) is 7.12. The summed E-state index contributed by atoms with van der Waals surface area (Å²) in [6.07, 6.45) is 0. The Morgan fingerprint density at radius 1 is 1.59 bits per heavy atom. The van der Waals surface area contributed by atoms with E-state index >= 15 is 0 Å². The van der Waals surface area contributed by atoms with Crippen molar-refractivity contribution in [3.8, 4) is 6.07 Å². The Bertz CT molecular complexity index is 439. The standard InChI is InChI=1S/C13H16FN3/c1-10-8-16-4-5-17(10)9-11-2-3-13(14)12(6-11)7-15/h2-3,6,10,16H,4-5,8-9H2,1H3/t10-/m1/s1. The maximum atomic E-state index is 13.2. The molecule has 0 bridgehead atoms. The van der Waals surface area contributed by atoms with Crippen LogP contribution in [0.1, 0.15) is 18.1 Å². The normalized spacial score (nSPS) is 21.1. The molecule has 1 aliphatic rings. The quantitative estimate of drug-likeness (QED) is 0.841. The molecule has 1 saturated heterocycles. The van der Waals surface area contributed by atoms with E-state index in [4.69, 9.17) is 5.26 Å². The second kappa shape index (κ2) is 5.26. The van der Waals surface area contributed by atoms with E-state index in [1.165, 1.54) is 6.07 Å². The number of nitrogens with zero attached hydrogens (tertiary/aromatic N) is 2. The third kappa shape index (κ3) is 2.82. The van der Waals surface area contributed by atoms with Gasteiger partial charge in [-0.3, -0.25) is 4.90 Å². The van der Waals surface area contributed by atoms with E-state index in [-0.39, 0.29) is 5.56 Å². The van der Waals surface area contributed by atoms with Crippen LogP contribution in [0, 0.1) is 17.1 Å². The van der Waals surface area contributed by atoms with Crippen LogP contribution in [-0.2, 0) is 6.54 Å². The van der Waals surface area contributed by atoms with E-state index in [9.17, 15) is 4.39 Å². The van der Waals surface area contributed by atoms with Crippen LogP contribution in [0.25, 0.3) is 0 Å². The summed E-state index contributed by atoms with van der Waals surface area (Å²) in [5, 5.41) is 12.1. The first-order chi connectivity index (χ1) is 8.20. The number of hydrogen-bond acceptors (Lipinski definition) is 3. The van der Waals surface area contributed by atoms with Crippen LogP contribution in [-0.4, -0.2) is 30.6 Å². The van der Waals surface area contributed by atoms with Crippen molar-refractivity contribution in [2.75, 3.05) is 19.6 Å². The fourth-order valence-electron chi connectivity index (χ4n) is 2.11. The van der Waals surface area contributed by atoms with Crippen molar-refractivity contribution in [1.82, 2.24) is 10.2 Å². The average Bonchev–Trinajstić information content (AvgIpc) is 2.34. The number of nitrogens with one attached hydrogen (secondary N) is 1. The number of hydrogen-bond donors (Lipinski definition) is 1. The van der Waals surface area contributed by atoms with Gasteiger partial charge in [0.15, 0.2) is 0 Å². The van der Waals surface area contributed by atoms with Gasteiger partial charge in [0.2, 0.25) is 0 Å². The number of halogens is 1. The van der Waals surface area contributed by atoms with E-state index in [1.54, 1.807) is 12.1 Å². The Hall–Kier alpha value is -1.44. The summed E-state index contributed by atoms with van der Waals surface area (Å²) in [6.45, 7) is 5.89. The van der Waals surface area contributed by atoms with Gasteiger partial charge >= 0.3 is 0 Å². The van der Waals surface area contributed by atoms with Crippen molar-refractivity contribution in [1.29, 1.82) is 5.26 Å². The molecule has 1 N–H and O–H groups in total. The molecule has 3 nitrogen and oxygen atoms in total. The number of rotatable bonds is 2. The van der Waals surface area contributed by atoms with Gasteiger partial charge in [0.25, 0.3) is 0 Å². The molecule has 17 heavy (non-hydrogen) atoms. The molecule has 1 atom stereocenters. The molecule has 1 aliphatic heterocycles. The lowest BCUT2D eigenvalue weighted by molar-refractivity contribution is 0.165. The molecule has 0 aliphatic carbocycles. The van der Waals surface area contributed by atoms with Crippen LogP contribution in [0.3, 0.4) is 0 Å². The molecule has 0 amide bonds. The highest BCUT2D eigenvalue weighted by Gasteiger charge is 2.18. The summed E-state index contributed by atoms with van der Waals surface area (Å²) < 4.78 is 13.2. The molecule has 1 heterocycles. The largest absolute Gasteiger partial charge is 0.314 e. The van der Waals surface area contributed by atoms with Crippen molar-refractivity contribution in [3.05, 3.63) is 35.1 Å². The van der Waals surface area contributed by atoms with Gasteiger partial charge in [-0.25, -0.2) is 4.39 Å². The fourth-order valence-corrected chi connectivity index (χ4v) is 2.11. The second-order valence-electron chi connectivity index (χ2n) is 4.45. The van der Waals surface area contributed by atoms with Crippen LogP contribution >= 0.6 is 0 Å². The third-order valence-corrected chi connectivity index (χ3v) is 3.18. The highest BCUT2D eigenvalue weighted by molar-refractivity contribution is 5.34. The SMILES string of the molecule is C[C@@H]1CNCCN1Cc1ccc(F)c(C#N)c1. The summed E-state index contributed by atoms with van der Waals surface area (Å²) >= 11 is 0. The molecular formula is C13H16FN3. The van der Waals surface area contributed by atoms with Gasteiger partial charge < -0.3 is 5.32 Å². The van der Waals surface area contributed by atoms with Crippen LogP contribution in [0.4, 0.5) is 4.39 Å². The third-order valence-electron chi connectivity index (χ3n) is 3.18. The molecule has 0 radical (unpaired) electrons. The molecule has 4 heteroatoms. The fraction of sp³-hybridized carbons (Fsp3) is 0.462. The van der Waals surface area contributed by atoms with E-state index < -0.39 is 5.82 Å². The maximum absolute atomic E-state index is 13.2. The van der Waals surface area contributed by atoms with Gasteiger partial charge in [-0.1, -0.05) is 6.07 Å². The molecule has 1 fully saturated rings. The Balaban J connectivity index is 2.10. The highest BCUT2D eigenvalue weighted by Crippen LogP contribution is 2.14. The van der Waals surface area contributed by atoms with Crippen molar-refractivity contribution in [3.63, 3.8) is 0 Å². The molecule has 1 aromatic carbocycles. The minimum Gasteiger partial charge on any atom is -0.314 e. The molecule has 0 spiro atoms. The number of benzene rings is 1. The Kier molecular flexibility index (Phi) is 3.72. The average molecular weight is 233 g/mol. The first-order valence-corrected chi connectivity index (χ1v) is 5.84. The molecule has 0 aromatic heterocycles. The summed E-state index contributed by atoms with van der Waals surface area (Å²) in [4.78, 5) is 2.34. The molecule has 2 rings (SSSR count). The summed E-state index contributed by atoms with van der Waals surface area (Å²) in [5.74, 6) is -0.440. The zero-order valence-corrected chi connectivity index (χ0v) is 9.91. The lowest BCUT2D eigenvalue weighted by Crippen LogP contribution is -2.49. The van der Waals surface area contributed by atoms with Gasteiger partial charge in [0.05, 0.1) is 5.56 Å². The summed E-state index contributed by atoms with van der Waals surface area (Å²) in [5.41, 5.74) is 1.13. The zero-order chi connectivity index (χ0) is 12.3. The van der Waals surface area contributed by atoms with Crippen LogP contribution in [0.5, 0.6) is 0 Å². The predicted molar refractivity (Wildman–Crippen MR) is 63.9 cm³/mol. The van der Waals surface area contributed by atoms with Gasteiger partial charge in [-0.05, 0) is 24.6 Å². The first kappa shape index (κ1) is 12.0. The van der Waals surface area contributed by atoms with E-state index in [2.05, 4.69) is 17.1 Å². The number of piperazine rings is 1. The highest BCUT2D eigenvalue weighted by atomic mass is 19.1. The van der Waals surface area contributed by atoms with Crippen molar-refractivity contribution in [2.45, 2.75) is 19.5 Å². The topological polar surface area (TPSA) is 39.1 Å². The smallest absolute Gasteiger partial charge is 0.140 e. The van der Waals surface area contributed by atoms with Crippen molar-refractivity contribution < 1.29 is 4.39 Å².